The van der Waals surface area contributed by atoms with Crippen LogP contribution >= 0.6 is 0 Å². The Morgan fingerprint density at radius 1 is 1.19 bits per heavy atom. The number of amides is 2. The van der Waals surface area contributed by atoms with E-state index in [1.165, 1.54) is 11.0 Å². The fourth-order valence-electron chi connectivity index (χ4n) is 4.00. The van der Waals surface area contributed by atoms with Crippen molar-refractivity contribution in [1.29, 1.82) is 0 Å². The van der Waals surface area contributed by atoms with E-state index in [-0.39, 0.29) is 30.6 Å². The summed E-state index contributed by atoms with van der Waals surface area (Å²) >= 11 is 0. The van der Waals surface area contributed by atoms with Crippen molar-refractivity contribution in [2.24, 2.45) is 5.92 Å². The first-order chi connectivity index (χ1) is 13.1. The maximum atomic E-state index is 14.4. The van der Waals surface area contributed by atoms with Gasteiger partial charge in [0.1, 0.15) is 11.6 Å². The molecular formula is C21H21FN2O3. The summed E-state index contributed by atoms with van der Waals surface area (Å²) in [6.45, 7) is 0.754. The number of hydrogen-bond acceptors (Lipinski definition) is 3. The molecule has 1 saturated heterocycles. The first kappa shape index (κ1) is 17.5. The Labute approximate surface area is 157 Å². The Balaban J connectivity index is 1.59. The Hall–Kier alpha value is -2.89. The van der Waals surface area contributed by atoms with Crippen LogP contribution in [-0.4, -0.2) is 32.0 Å². The van der Waals surface area contributed by atoms with Crippen LogP contribution in [0, 0.1) is 11.7 Å². The summed E-state index contributed by atoms with van der Waals surface area (Å²) in [5, 5.41) is 0. The zero-order chi connectivity index (χ0) is 19.0. The summed E-state index contributed by atoms with van der Waals surface area (Å²) in [5.41, 5.74) is 1.88. The third-order valence-electron chi connectivity index (χ3n) is 5.28. The number of para-hydroxylation sites is 3. The van der Waals surface area contributed by atoms with Gasteiger partial charge in [-0.2, -0.15) is 0 Å². The normalized spacial score (nSPS) is 19.2. The number of carbonyl (C=O) groups is 2. The average molecular weight is 368 g/mol. The monoisotopic (exact) mass is 368 g/mol. The van der Waals surface area contributed by atoms with E-state index in [2.05, 4.69) is 0 Å². The maximum absolute atomic E-state index is 14.4. The zero-order valence-electron chi connectivity index (χ0n) is 15.2. The molecule has 1 fully saturated rings. The molecule has 2 aliphatic rings. The van der Waals surface area contributed by atoms with E-state index in [0.717, 1.165) is 18.4 Å². The van der Waals surface area contributed by atoms with Crippen molar-refractivity contribution in [3.8, 4) is 5.75 Å². The van der Waals surface area contributed by atoms with Gasteiger partial charge in [-0.3, -0.25) is 9.59 Å². The maximum Gasteiger partial charge on any atom is 0.232 e. The molecule has 2 aliphatic heterocycles. The number of fused-ring (bicyclic) bond motifs is 1. The topological polar surface area (TPSA) is 49.9 Å². The van der Waals surface area contributed by atoms with Crippen molar-refractivity contribution in [3.05, 3.63) is 53.8 Å². The van der Waals surface area contributed by atoms with Crippen molar-refractivity contribution >= 4 is 23.2 Å². The lowest BCUT2D eigenvalue weighted by atomic mass is 9.98. The molecule has 27 heavy (non-hydrogen) atoms. The highest BCUT2D eigenvalue weighted by atomic mass is 19.1. The number of methoxy groups -OCH3 is 1. The Morgan fingerprint density at radius 3 is 2.81 bits per heavy atom. The molecule has 0 aromatic heterocycles. The molecule has 0 N–H and O–H groups in total. The molecule has 1 atom stereocenters. The predicted molar refractivity (Wildman–Crippen MR) is 101 cm³/mol. The van der Waals surface area contributed by atoms with Gasteiger partial charge in [0.25, 0.3) is 0 Å². The van der Waals surface area contributed by atoms with Gasteiger partial charge in [-0.15, -0.1) is 0 Å². The number of halogens is 1. The minimum Gasteiger partial charge on any atom is -0.495 e. The van der Waals surface area contributed by atoms with Crippen LogP contribution in [-0.2, 0) is 16.0 Å². The summed E-state index contributed by atoms with van der Waals surface area (Å²) in [6, 6.07) is 12.2. The van der Waals surface area contributed by atoms with Gasteiger partial charge in [0.05, 0.1) is 24.4 Å². The Bertz CT molecular complexity index is 899. The lowest BCUT2D eigenvalue weighted by Crippen LogP contribution is -2.41. The van der Waals surface area contributed by atoms with Crippen LogP contribution in [0.3, 0.4) is 0 Å². The van der Waals surface area contributed by atoms with Crippen molar-refractivity contribution in [1.82, 2.24) is 0 Å². The van der Waals surface area contributed by atoms with Gasteiger partial charge in [-0.25, -0.2) is 4.39 Å². The van der Waals surface area contributed by atoms with Crippen molar-refractivity contribution in [2.75, 3.05) is 30.0 Å². The lowest BCUT2D eigenvalue weighted by molar-refractivity contribution is -0.124. The Kier molecular flexibility index (Phi) is 4.56. The molecule has 0 saturated carbocycles. The second-order valence-electron chi connectivity index (χ2n) is 6.92. The number of benzene rings is 2. The molecule has 2 amide bonds. The Morgan fingerprint density at radius 2 is 2.00 bits per heavy atom. The molecule has 4 rings (SSSR count). The molecule has 1 unspecified atom stereocenters. The molecule has 140 valence electrons. The van der Waals surface area contributed by atoms with Gasteiger partial charge >= 0.3 is 0 Å². The van der Waals surface area contributed by atoms with Crippen LogP contribution in [0.4, 0.5) is 15.8 Å². The number of ether oxygens (including phenoxy) is 1. The second kappa shape index (κ2) is 7.02. The largest absolute Gasteiger partial charge is 0.495 e. The number of nitrogens with zero attached hydrogens (tertiary/aromatic N) is 2. The molecule has 5 nitrogen and oxygen atoms in total. The average Bonchev–Trinajstić information content (AvgIpc) is 3.08. The summed E-state index contributed by atoms with van der Waals surface area (Å²) in [5.74, 6) is -0.594. The first-order valence-corrected chi connectivity index (χ1v) is 9.12. The van der Waals surface area contributed by atoms with Gasteiger partial charge in [0.2, 0.25) is 11.8 Å². The standard InChI is InChI=1S/C21H21FN2O3/c1-27-18-10-3-2-9-17(18)24-13-15(12-19(24)25)21(26)23-11-5-7-14-6-4-8-16(22)20(14)23/h2-4,6,8-10,15H,5,7,11-13H2,1H3. The minimum atomic E-state index is -0.493. The fourth-order valence-corrected chi connectivity index (χ4v) is 4.00. The van der Waals surface area contributed by atoms with E-state index < -0.39 is 5.92 Å². The fraction of sp³-hybridized carbons (Fsp3) is 0.333. The third-order valence-corrected chi connectivity index (χ3v) is 5.28. The molecule has 6 heteroatoms. The van der Waals surface area contributed by atoms with Gasteiger partial charge in [0, 0.05) is 19.5 Å². The SMILES string of the molecule is COc1ccccc1N1CC(C(=O)N2CCCc3cccc(F)c32)CC1=O. The van der Waals surface area contributed by atoms with E-state index >= 15 is 0 Å². The van der Waals surface area contributed by atoms with Crippen LogP contribution in [0.1, 0.15) is 18.4 Å². The first-order valence-electron chi connectivity index (χ1n) is 9.12. The van der Waals surface area contributed by atoms with Gasteiger partial charge in [-0.05, 0) is 36.6 Å². The van der Waals surface area contributed by atoms with Crippen molar-refractivity contribution in [3.63, 3.8) is 0 Å². The zero-order valence-corrected chi connectivity index (χ0v) is 15.2. The molecule has 0 radical (unpaired) electrons. The number of hydrogen-bond donors (Lipinski definition) is 0. The van der Waals surface area contributed by atoms with E-state index in [9.17, 15) is 14.0 Å². The molecule has 2 aromatic rings. The highest BCUT2D eigenvalue weighted by Crippen LogP contribution is 2.36. The number of aryl methyl sites for hydroxylation is 1. The number of rotatable bonds is 3. The van der Waals surface area contributed by atoms with Crippen molar-refractivity contribution < 1.29 is 18.7 Å². The predicted octanol–water partition coefficient (Wildman–Crippen LogP) is 3.17. The van der Waals surface area contributed by atoms with Crippen LogP contribution in [0.2, 0.25) is 0 Å². The van der Waals surface area contributed by atoms with E-state index in [1.54, 1.807) is 30.2 Å². The van der Waals surface area contributed by atoms with E-state index in [4.69, 9.17) is 4.74 Å². The van der Waals surface area contributed by atoms with E-state index in [1.807, 2.05) is 18.2 Å². The summed E-state index contributed by atoms with van der Waals surface area (Å²) in [4.78, 5) is 28.8. The quantitative estimate of drug-likeness (QED) is 0.836. The van der Waals surface area contributed by atoms with Crippen LogP contribution in [0.25, 0.3) is 0 Å². The highest BCUT2D eigenvalue weighted by Gasteiger charge is 2.39. The summed E-state index contributed by atoms with van der Waals surface area (Å²) < 4.78 is 19.7. The third kappa shape index (κ3) is 3.05. The van der Waals surface area contributed by atoms with Gasteiger partial charge in [0.15, 0.2) is 0 Å². The lowest BCUT2D eigenvalue weighted by Gasteiger charge is -2.31. The minimum absolute atomic E-state index is 0.122. The highest BCUT2D eigenvalue weighted by molar-refractivity contribution is 6.05. The van der Waals surface area contributed by atoms with E-state index in [0.29, 0.717) is 23.7 Å². The second-order valence-corrected chi connectivity index (χ2v) is 6.92. The number of anilines is 2. The van der Waals surface area contributed by atoms with Crippen LogP contribution in [0.5, 0.6) is 5.75 Å². The molecular weight excluding hydrogens is 347 g/mol. The molecule has 2 heterocycles. The van der Waals surface area contributed by atoms with Crippen LogP contribution < -0.4 is 14.5 Å². The van der Waals surface area contributed by atoms with Gasteiger partial charge in [-0.1, -0.05) is 24.3 Å². The molecule has 2 aromatic carbocycles. The summed E-state index contributed by atoms with van der Waals surface area (Å²) in [7, 11) is 1.55. The van der Waals surface area contributed by atoms with Crippen molar-refractivity contribution in [2.45, 2.75) is 19.3 Å². The summed E-state index contributed by atoms with van der Waals surface area (Å²) in [6.07, 6.45) is 1.67. The van der Waals surface area contributed by atoms with Gasteiger partial charge < -0.3 is 14.5 Å². The number of carbonyl (C=O) groups excluding carboxylic acids is 2. The van der Waals surface area contributed by atoms with Crippen LogP contribution in [0.15, 0.2) is 42.5 Å². The molecule has 0 spiro atoms. The molecule has 0 aliphatic carbocycles. The smallest absolute Gasteiger partial charge is 0.232 e. The molecule has 0 bridgehead atoms.